The Morgan fingerprint density at radius 1 is 1.11 bits per heavy atom. The quantitative estimate of drug-likeness (QED) is 0.264. The van der Waals surface area contributed by atoms with Crippen LogP contribution in [-0.2, 0) is 5.41 Å². The first kappa shape index (κ1) is 24.4. The zero-order valence-electron chi connectivity index (χ0n) is 19.3. The number of amides is 1. The molecular formula is C25H22BrCl2N5OS. The van der Waals surface area contributed by atoms with Gasteiger partial charge in [-0.25, -0.2) is 4.68 Å². The average Bonchev–Trinajstić information content (AvgIpc) is 3.31. The Balaban J connectivity index is 1.79. The maximum Gasteiger partial charge on any atom is 0.256 e. The summed E-state index contributed by atoms with van der Waals surface area (Å²) in [5.74, 6) is -0.190. The van der Waals surface area contributed by atoms with Crippen molar-refractivity contribution in [1.82, 2.24) is 25.3 Å². The third-order valence-electron chi connectivity index (χ3n) is 5.55. The first-order valence-electron chi connectivity index (χ1n) is 11.1. The van der Waals surface area contributed by atoms with E-state index < -0.39 is 0 Å². The van der Waals surface area contributed by atoms with E-state index in [1.54, 1.807) is 22.9 Å². The van der Waals surface area contributed by atoms with Gasteiger partial charge >= 0.3 is 0 Å². The van der Waals surface area contributed by atoms with Gasteiger partial charge in [0.1, 0.15) is 10.7 Å². The Morgan fingerprint density at radius 3 is 2.43 bits per heavy atom. The lowest BCUT2D eigenvalue weighted by molar-refractivity contribution is 0.0952. The largest absolute Gasteiger partial charge is 0.349 e. The minimum Gasteiger partial charge on any atom is -0.349 e. The van der Waals surface area contributed by atoms with Gasteiger partial charge in [0.25, 0.3) is 5.91 Å². The Morgan fingerprint density at radius 2 is 1.83 bits per heavy atom. The van der Waals surface area contributed by atoms with Crippen molar-refractivity contribution in [1.29, 1.82) is 0 Å². The molecule has 2 aromatic heterocycles. The molecule has 0 aliphatic heterocycles. The van der Waals surface area contributed by atoms with Crippen molar-refractivity contribution in [2.45, 2.75) is 45.1 Å². The van der Waals surface area contributed by atoms with Crippen LogP contribution in [0.4, 0.5) is 0 Å². The summed E-state index contributed by atoms with van der Waals surface area (Å²) in [6.07, 6.45) is 1.94. The van der Waals surface area contributed by atoms with E-state index in [2.05, 4.69) is 52.2 Å². The lowest BCUT2D eigenvalue weighted by atomic mass is 9.98. The molecule has 0 atom stereocenters. The van der Waals surface area contributed by atoms with Gasteiger partial charge in [0, 0.05) is 26.5 Å². The number of nitrogens with zero attached hydrogens (tertiary/aromatic N) is 4. The second-order valence-electron chi connectivity index (χ2n) is 9.50. The fourth-order valence-corrected chi connectivity index (χ4v) is 5.24. The number of aromatic nitrogens is 4. The predicted molar refractivity (Wildman–Crippen MR) is 145 cm³/mol. The Bertz CT molecular complexity index is 1420. The minimum absolute atomic E-state index is 0.176. The highest BCUT2D eigenvalue weighted by atomic mass is 79.9. The Labute approximate surface area is 225 Å². The van der Waals surface area contributed by atoms with Gasteiger partial charge in [-0.05, 0) is 43.2 Å². The molecule has 10 heteroatoms. The number of rotatable bonds is 5. The summed E-state index contributed by atoms with van der Waals surface area (Å²) in [6, 6.07) is 13.1. The van der Waals surface area contributed by atoms with Crippen molar-refractivity contribution in [2.75, 3.05) is 0 Å². The van der Waals surface area contributed by atoms with Crippen molar-refractivity contribution in [3.63, 3.8) is 0 Å². The lowest BCUT2D eigenvalue weighted by Gasteiger charge is -2.12. The van der Waals surface area contributed by atoms with Crippen LogP contribution in [0.25, 0.3) is 27.6 Å². The maximum atomic E-state index is 13.7. The summed E-state index contributed by atoms with van der Waals surface area (Å²) in [5, 5.41) is 19.3. The van der Waals surface area contributed by atoms with Gasteiger partial charge in [0.15, 0.2) is 5.01 Å². The van der Waals surface area contributed by atoms with E-state index in [9.17, 15) is 4.79 Å². The first-order chi connectivity index (χ1) is 16.6. The molecule has 0 radical (unpaired) electrons. The molecule has 180 valence electrons. The molecule has 1 fully saturated rings. The molecule has 0 bridgehead atoms. The summed E-state index contributed by atoms with van der Waals surface area (Å²) in [7, 11) is 0. The fraction of sp³-hybridized carbons (Fsp3) is 0.280. The number of hydrogen-bond donors (Lipinski definition) is 1. The highest BCUT2D eigenvalue weighted by Gasteiger charge is 2.33. The second kappa shape index (κ2) is 9.32. The number of benzene rings is 2. The van der Waals surface area contributed by atoms with Gasteiger partial charge < -0.3 is 5.32 Å². The number of halogens is 3. The summed E-state index contributed by atoms with van der Waals surface area (Å²) in [4.78, 5) is 13.7. The van der Waals surface area contributed by atoms with E-state index in [0.29, 0.717) is 37.7 Å². The van der Waals surface area contributed by atoms with Crippen LogP contribution in [0.1, 0.15) is 49.0 Å². The maximum absolute atomic E-state index is 13.7. The highest BCUT2D eigenvalue weighted by molar-refractivity contribution is 9.10. The van der Waals surface area contributed by atoms with Gasteiger partial charge in [0.05, 0.1) is 22.0 Å². The van der Waals surface area contributed by atoms with Crippen LogP contribution in [-0.4, -0.2) is 31.9 Å². The van der Waals surface area contributed by atoms with Crippen molar-refractivity contribution in [2.24, 2.45) is 0 Å². The number of carbonyl (C=O) groups is 1. The number of carbonyl (C=O) groups excluding carboxylic acids is 1. The zero-order chi connectivity index (χ0) is 24.9. The SMILES string of the molecule is CC(C)(C)c1nnc(-c2nn(-c3ccc(Cl)cc3Cl)c(-c3ccc(Br)cc3)c2C(=O)NC2CC2)s1. The van der Waals surface area contributed by atoms with Crippen LogP contribution >= 0.6 is 50.5 Å². The first-order valence-corrected chi connectivity index (χ1v) is 13.5. The zero-order valence-corrected chi connectivity index (χ0v) is 23.2. The van der Waals surface area contributed by atoms with Crippen molar-refractivity contribution < 1.29 is 4.79 Å². The van der Waals surface area contributed by atoms with Crippen LogP contribution in [0, 0.1) is 0 Å². The fourth-order valence-electron chi connectivity index (χ4n) is 3.59. The predicted octanol–water partition coefficient (Wildman–Crippen LogP) is 7.32. The average molecular weight is 591 g/mol. The normalized spacial score (nSPS) is 13.8. The van der Waals surface area contributed by atoms with Crippen molar-refractivity contribution >= 4 is 56.4 Å². The molecule has 2 heterocycles. The molecule has 0 spiro atoms. The number of hydrogen-bond acceptors (Lipinski definition) is 5. The Hall–Kier alpha value is -2.26. The minimum atomic E-state index is -0.190. The smallest absolute Gasteiger partial charge is 0.256 e. The standard InChI is InChI=1S/C25H22BrCl2N5OS/c1-25(2,3)24-31-30-23(35-24)20-19(22(34)29-16-9-10-16)21(13-4-6-14(26)7-5-13)33(32-20)18-11-8-15(27)12-17(18)28/h4-8,11-12,16H,9-10H2,1-3H3,(H,29,34). The van der Waals surface area contributed by atoms with Gasteiger partial charge in [-0.1, -0.05) is 83.4 Å². The van der Waals surface area contributed by atoms with Crippen LogP contribution in [0.15, 0.2) is 46.9 Å². The lowest BCUT2D eigenvalue weighted by Crippen LogP contribution is -2.26. The number of nitrogens with one attached hydrogen (secondary N) is 1. The van der Waals surface area contributed by atoms with Crippen molar-refractivity contribution in [3.05, 3.63) is 67.6 Å². The molecule has 1 aliphatic carbocycles. The molecule has 35 heavy (non-hydrogen) atoms. The van der Waals surface area contributed by atoms with Crippen LogP contribution < -0.4 is 5.32 Å². The van der Waals surface area contributed by atoms with Gasteiger partial charge in [-0.2, -0.15) is 5.10 Å². The molecule has 1 N–H and O–H groups in total. The van der Waals surface area contributed by atoms with Gasteiger partial charge in [-0.3, -0.25) is 4.79 Å². The van der Waals surface area contributed by atoms with E-state index in [4.69, 9.17) is 28.3 Å². The second-order valence-corrected chi connectivity index (χ2v) is 12.2. The molecule has 4 aromatic rings. The summed E-state index contributed by atoms with van der Waals surface area (Å²) in [6.45, 7) is 6.24. The molecule has 0 saturated heterocycles. The van der Waals surface area contributed by atoms with Crippen LogP contribution in [0.3, 0.4) is 0 Å². The molecule has 1 saturated carbocycles. The highest BCUT2D eigenvalue weighted by Crippen LogP contribution is 2.39. The summed E-state index contributed by atoms with van der Waals surface area (Å²) >= 11 is 17.7. The third-order valence-corrected chi connectivity index (χ3v) is 7.97. The molecule has 1 amide bonds. The van der Waals surface area contributed by atoms with E-state index >= 15 is 0 Å². The Kier molecular flexibility index (Phi) is 6.50. The topological polar surface area (TPSA) is 72.7 Å². The third kappa shape index (κ3) is 5.03. The van der Waals surface area contributed by atoms with E-state index in [-0.39, 0.29) is 17.4 Å². The van der Waals surface area contributed by atoms with Crippen LogP contribution in [0.2, 0.25) is 10.0 Å². The van der Waals surface area contributed by atoms with Gasteiger partial charge in [-0.15, -0.1) is 10.2 Å². The molecule has 1 aliphatic rings. The molecule has 5 rings (SSSR count). The van der Waals surface area contributed by atoms with Crippen LogP contribution in [0.5, 0.6) is 0 Å². The van der Waals surface area contributed by atoms with E-state index in [1.807, 2.05) is 24.3 Å². The molecule has 2 aromatic carbocycles. The summed E-state index contributed by atoms with van der Waals surface area (Å²) in [5.41, 5.74) is 2.80. The van der Waals surface area contributed by atoms with E-state index in [0.717, 1.165) is 27.9 Å². The van der Waals surface area contributed by atoms with Gasteiger partial charge in [0.2, 0.25) is 0 Å². The molecule has 6 nitrogen and oxygen atoms in total. The monoisotopic (exact) mass is 589 g/mol. The molecule has 0 unspecified atom stereocenters. The van der Waals surface area contributed by atoms with E-state index in [1.165, 1.54) is 11.3 Å². The molecular weight excluding hydrogens is 569 g/mol. The van der Waals surface area contributed by atoms with Crippen molar-refractivity contribution in [3.8, 4) is 27.6 Å². The summed E-state index contributed by atoms with van der Waals surface area (Å²) < 4.78 is 2.64.